The summed E-state index contributed by atoms with van der Waals surface area (Å²) in [7, 11) is 1.65. The highest BCUT2D eigenvalue weighted by Crippen LogP contribution is 1.82. The van der Waals surface area contributed by atoms with Crippen molar-refractivity contribution < 1.29 is 19.4 Å². The number of aliphatic carboxylic acids is 1. The van der Waals surface area contributed by atoms with Crippen molar-refractivity contribution in [2.75, 3.05) is 40.0 Å². The average Bonchev–Trinajstić information content (AvgIpc) is 2.09. The Kier molecular flexibility index (Phi) is 8.97. The molecule has 78 valence electrons. The van der Waals surface area contributed by atoms with E-state index < -0.39 is 5.97 Å². The van der Waals surface area contributed by atoms with Crippen molar-refractivity contribution in [3.05, 3.63) is 0 Å². The van der Waals surface area contributed by atoms with Gasteiger partial charge in [-0.1, -0.05) is 0 Å². The maximum atomic E-state index is 10.1. The van der Waals surface area contributed by atoms with Crippen LogP contribution in [-0.2, 0) is 14.3 Å². The number of hydrogen-bond acceptors (Lipinski definition) is 4. The lowest BCUT2D eigenvalue weighted by molar-refractivity contribution is -0.136. The summed E-state index contributed by atoms with van der Waals surface area (Å²) in [6.45, 7) is 2.45. The third-order valence-electron chi connectivity index (χ3n) is 1.34. The highest BCUT2D eigenvalue weighted by molar-refractivity contribution is 5.68. The Morgan fingerprint density at radius 2 is 2.15 bits per heavy atom. The number of carboxylic acids is 1. The molecule has 0 atom stereocenters. The normalized spacial score (nSPS) is 10.2. The van der Waals surface area contributed by atoms with E-state index in [0.29, 0.717) is 26.4 Å². The number of hydrogen-bond donors (Lipinski definition) is 2. The molecule has 13 heavy (non-hydrogen) atoms. The number of methoxy groups -OCH3 is 1. The molecule has 0 aromatic heterocycles. The molecular weight excluding hydrogens is 174 g/mol. The first-order valence-electron chi connectivity index (χ1n) is 4.26. The third kappa shape index (κ3) is 11.3. The molecule has 0 aromatic rings. The van der Waals surface area contributed by atoms with Crippen LogP contribution in [0.15, 0.2) is 0 Å². The van der Waals surface area contributed by atoms with Gasteiger partial charge in [-0.25, -0.2) is 0 Å². The highest BCUT2D eigenvalue weighted by Gasteiger charge is 1.94. The third-order valence-corrected chi connectivity index (χ3v) is 1.34. The van der Waals surface area contributed by atoms with Gasteiger partial charge in [0.05, 0.1) is 13.2 Å². The summed E-state index contributed by atoms with van der Waals surface area (Å²) in [4.78, 5) is 10.1. The first-order valence-corrected chi connectivity index (χ1v) is 4.26. The Balaban J connectivity index is 2.87. The van der Waals surface area contributed by atoms with Crippen molar-refractivity contribution >= 4 is 5.97 Å². The zero-order chi connectivity index (χ0) is 9.94. The van der Waals surface area contributed by atoms with E-state index in [0.717, 1.165) is 6.42 Å². The largest absolute Gasteiger partial charge is 0.480 e. The highest BCUT2D eigenvalue weighted by atomic mass is 16.5. The zero-order valence-electron chi connectivity index (χ0n) is 7.91. The van der Waals surface area contributed by atoms with Crippen molar-refractivity contribution in [3.63, 3.8) is 0 Å². The first kappa shape index (κ1) is 12.3. The molecule has 0 rings (SSSR count). The molecule has 0 saturated heterocycles. The van der Waals surface area contributed by atoms with Gasteiger partial charge >= 0.3 is 5.97 Å². The molecule has 0 aliphatic rings. The van der Waals surface area contributed by atoms with Gasteiger partial charge in [-0.3, -0.25) is 4.79 Å². The molecular formula is C8H17NO4. The molecule has 0 unspecified atom stereocenters. The van der Waals surface area contributed by atoms with E-state index >= 15 is 0 Å². The molecule has 0 spiro atoms. The standard InChI is InChI=1S/C8H17NO4/c1-12-4-2-5-13-6-3-9-7-8(10)11/h9H,2-7H2,1H3,(H,10,11). The van der Waals surface area contributed by atoms with Gasteiger partial charge < -0.3 is 19.9 Å². The maximum absolute atomic E-state index is 10.1. The lowest BCUT2D eigenvalue weighted by Gasteiger charge is -2.03. The summed E-state index contributed by atoms with van der Waals surface area (Å²) < 4.78 is 10.0. The minimum Gasteiger partial charge on any atom is -0.480 e. The van der Waals surface area contributed by atoms with Crippen LogP contribution in [0.5, 0.6) is 0 Å². The van der Waals surface area contributed by atoms with Crippen molar-refractivity contribution in [1.82, 2.24) is 5.32 Å². The van der Waals surface area contributed by atoms with Crippen molar-refractivity contribution in [2.45, 2.75) is 6.42 Å². The van der Waals surface area contributed by atoms with E-state index in [4.69, 9.17) is 14.6 Å². The second-order valence-electron chi connectivity index (χ2n) is 2.53. The number of ether oxygens (including phenoxy) is 2. The molecule has 2 N–H and O–H groups in total. The van der Waals surface area contributed by atoms with Crippen molar-refractivity contribution in [1.29, 1.82) is 0 Å². The van der Waals surface area contributed by atoms with Crippen LogP contribution in [0, 0.1) is 0 Å². The van der Waals surface area contributed by atoms with Crippen LogP contribution in [-0.4, -0.2) is 51.1 Å². The fourth-order valence-corrected chi connectivity index (χ4v) is 0.747. The predicted molar refractivity (Wildman–Crippen MR) is 47.8 cm³/mol. The molecule has 5 nitrogen and oxygen atoms in total. The van der Waals surface area contributed by atoms with Crippen LogP contribution in [0.1, 0.15) is 6.42 Å². The van der Waals surface area contributed by atoms with Crippen LogP contribution >= 0.6 is 0 Å². The summed E-state index contributed by atoms with van der Waals surface area (Å²) in [5, 5.41) is 11.0. The van der Waals surface area contributed by atoms with Crippen molar-refractivity contribution in [2.24, 2.45) is 0 Å². The average molecular weight is 191 g/mol. The number of nitrogens with one attached hydrogen (secondary N) is 1. The molecule has 0 saturated carbocycles. The van der Waals surface area contributed by atoms with Crippen molar-refractivity contribution in [3.8, 4) is 0 Å². The van der Waals surface area contributed by atoms with Gasteiger partial charge in [-0.15, -0.1) is 0 Å². The van der Waals surface area contributed by atoms with Gasteiger partial charge in [0.25, 0.3) is 0 Å². The molecule has 5 heteroatoms. The maximum Gasteiger partial charge on any atom is 0.317 e. The summed E-state index contributed by atoms with van der Waals surface area (Å²) >= 11 is 0. The van der Waals surface area contributed by atoms with Crippen LogP contribution < -0.4 is 5.32 Å². The molecule has 0 heterocycles. The van der Waals surface area contributed by atoms with E-state index in [1.165, 1.54) is 0 Å². The summed E-state index contributed by atoms with van der Waals surface area (Å²) in [5.74, 6) is -0.848. The lowest BCUT2D eigenvalue weighted by Crippen LogP contribution is -2.26. The van der Waals surface area contributed by atoms with Gasteiger partial charge in [0.1, 0.15) is 0 Å². The minimum absolute atomic E-state index is 0.0125. The Morgan fingerprint density at radius 1 is 1.38 bits per heavy atom. The molecule has 0 aromatic carbocycles. The lowest BCUT2D eigenvalue weighted by atomic mass is 10.5. The van der Waals surface area contributed by atoms with E-state index in [9.17, 15) is 4.79 Å². The first-order chi connectivity index (χ1) is 6.27. The van der Waals surface area contributed by atoms with E-state index in [1.807, 2.05) is 0 Å². The molecule has 0 fully saturated rings. The number of carboxylic acid groups (broad SMARTS) is 1. The topological polar surface area (TPSA) is 67.8 Å². The monoisotopic (exact) mass is 191 g/mol. The summed E-state index contributed by atoms with van der Waals surface area (Å²) in [5.41, 5.74) is 0. The predicted octanol–water partition coefficient (Wildman–Crippen LogP) is -0.286. The van der Waals surface area contributed by atoms with Gasteiger partial charge in [0.15, 0.2) is 0 Å². The smallest absolute Gasteiger partial charge is 0.317 e. The van der Waals surface area contributed by atoms with Crippen LogP contribution in [0.4, 0.5) is 0 Å². The van der Waals surface area contributed by atoms with Gasteiger partial charge in [0.2, 0.25) is 0 Å². The van der Waals surface area contributed by atoms with E-state index in [1.54, 1.807) is 7.11 Å². The second kappa shape index (κ2) is 9.44. The molecule has 0 amide bonds. The SMILES string of the molecule is COCCCOCCNCC(=O)O. The fraction of sp³-hybridized carbons (Fsp3) is 0.875. The minimum atomic E-state index is -0.848. The van der Waals surface area contributed by atoms with Crippen LogP contribution in [0.25, 0.3) is 0 Å². The van der Waals surface area contributed by atoms with Gasteiger partial charge in [-0.05, 0) is 6.42 Å². The van der Waals surface area contributed by atoms with Crippen LogP contribution in [0.3, 0.4) is 0 Å². The fourth-order valence-electron chi connectivity index (χ4n) is 0.747. The number of carbonyl (C=O) groups is 1. The van der Waals surface area contributed by atoms with Gasteiger partial charge in [-0.2, -0.15) is 0 Å². The molecule has 0 radical (unpaired) electrons. The summed E-state index contributed by atoms with van der Waals surface area (Å²) in [6.07, 6.45) is 0.870. The Hall–Kier alpha value is -0.650. The Labute approximate surface area is 78.0 Å². The molecule has 0 aliphatic carbocycles. The van der Waals surface area contributed by atoms with Gasteiger partial charge in [0, 0.05) is 26.9 Å². The molecule has 0 aliphatic heterocycles. The van der Waals surface area contributed by atoms with E-state index in [2.05, 4.69) is 5.32 Å². The second-order valence-corrected chi connectivity index (χ2v) is 2.53. The molecule has 0 bridgehead atoms. The Bertz CT molecular complexity index is 129. The Morgan fingerprint density at radius 3 is 2.77 bits per heavy atom. The van der Waals surface area contributed by atoms with Crippen LogP contribution in [0.2, 0.25) is 0 Å². The summed E-state index contributed by atoms with van der Waals surface area (Å²) in [6, 6.07) is 0. The zero-order valence-corrected chi connectivity index (χ0v) is 7.91. The number of rotatable bonds is 9. The van der Waals surface area contributed by atoms with E-state index in [-0.39, 0.29) is 6.54 Å². The quantitative estimate of drug-likeness (QED) is 0.490.